The van der Waals surface area contributed by atoms with E-state index in [0.717, 1.165) is 26.2 Å². The molecule has 0 bridgehead atoms. The monoisotopic (exact) mass is 333 g/mol. The third-order valence-electron chi connectivity index (χ3n) is 2.62. The second-order valence-corrected chi connectivity index (χ2v) is 5.20. The zero-order valence-corrected chi connectivity index (χ0v) is 13.8. The van der Waals surface area contributed by atoms with E-state index >= 15 is 0 Å². The van der Waals surface area contributed by atoms with Crippen molar-refractivity contribution in [1.82, 2.24) is 15.5 Å². The van der Waals surface area contributed by atoms with Crippen molar-refractivity contribution in [3.63, 3.8) is 0 Å². The first-order valence-corrected chi connectivity index (χ1v) is 7.25. The van der Waals surface area contributed by atoms with Crippen LogP contribution in [0.2, 0.25) is 0 Å². The maximum Gasteiger partial charge on any atom is 0.234 e. The molecule has 2 N–H and O–H groups in total. The number of carbonyl (C=O) groups is 1. The van der Waals surface area contributed by atoms with Crippen molar-refractivity contribution in [1.29, 1.82) is 0 Å². The van der Waals surface area contributed by atoms with E-state index in [-0.39, 0.29) is 30.7 Å². The average Bonchev–Trinajstić information content (AvgIpc) is 2.36. The van der Waals surface area contributed by atoms with Gasteiger partial charge in [0, 0.05) is 51.3 Å². The van der Waals surface area contributed by atoms with Crippen LogP contribution in [0.25, 0.3) is 0 Å². The Bertz CT molecular complexity index is 220. The molecule has 1 saturated heterocycles. The van der Waals surface area contributed by atoms with Gasteiger partial charge in [0.1, 0.15) is 0 Å². The number of hydrogen-bond acceptors (Lipinski definition) is 5. The molecule has 0 saturated carbocycles. The topological polar surface area (TPSA) is 53.6 Å². The molecule has 1 aliphatic rings. The molecule has 8 heteroatoms. The van der Waals surface area contributed by atoms with E-state index in [1.165, 1.54) is 11.5 Å². The predicted molar refractivity (Wildman–Crippen MR) is 86.0 cm³/mol. The van der Waals surface area contributed by atoms with Crippen molar-refractivity contribution in [2.75, 3.05) is 64.5 Å². The van der Waals surface area contributed by atoms with Crippen LogP contribution < -0.4 is 10.6 Å². The van der Waals surface area contributed by atoms with Crippen LogP contribution >= 0.6 is 36.6 Å². The fourth-order valence-electron chi connectivity index (χ4n) is 1.62. The van der Waals surface area contributed by atoms with Crippen molar-refractivity contribution < 1.29 is 9.53 Å². The molecular formula is C11H25Cl2N3O2S. The summed E-state index contributed by atoms with van der Waals surface area (Å²) in [4.78, 5) is 13.8. The average molecular weight is 334 g/mol. The Balaban J connectivity index is 0. The number of rotatable bonds is 8. The van der Waals surface area contributed by atoms with E-state index < -0.39 is 0 Å². The second kappa shape index (κ2) is 14.7. The molecule has 0 spiro atoms. The Labute approximate surface area is 132 Å². The molecule has 1 amide bonds. The molecule has 5 nitrogen and oxygen atoms in total. The maximum absolute atomic E-state index is 11.4. The van der Waals surface area contributed by atoms with Gasteiger partial charge in [-0.1, -0.05) is 0 Å². The smallest absolute Gasteiger partial charge is 0.234 e. The van der Waals surface area contributed by atoms with Gasteiger partial charge in [-0.15, -0.1) is 24.8 Å². The lowest BCUT2D eigenvalue weighted by Gasteiger charge is -2.25. The summed E-state index contributed by atoms with van der Waals surface area (Å²) in [6.07, 6.45) is 0. The number of nitrogens with zero attached hydrogens (tertiary/aromatic N) is 1. The van der Waals surface area contributed by atoms with Crippen LogP contribution in [0, 0.1) is 0 Å². The van der Waals surface area contributed by atoms with Gasteiger partial charge >= 0.3 is 0 Å². The van der Waals surface area contributed by atoms with Gasteiger partial charge in [0.15, 0.2) is 0 Å². The van der Waals surface area contributed by atoms with Crippen LogP contribution in [0.15, 0.2) is 0 Å². The molecule has 0 unspecified atom stereocenters. The summed E-state index contributed by atoms with van der Waals surface area (Å²) in [5, 5.41) is 5.94. The lowest BCUT2D eigenvalue weighted by Crippen LogP contribution is -2.41. The van der Waals surface area contributed by atoms with Crippen molar-refractivity contribution in [2.24, 2.45) is 0 Å². The van der Waals surface area contributed by atoms with E-state index in [0.29, 0.717) is 19.7 Å². The van der Waals surface area contributed by atoms with E-state index in [2.05, 4.69) is 15.5 Å². The summed E-state index contributed by atoms with van der Waals surface area (Å²) < 4.78 is 4.88. The summed E-state index contributed by atoms with van der Waals surface area (Å²) in [6, 6.07) is 0. The van der Waals surface area contributed by atoms with Crippen LogP contribution in [-0.4, -0.2) is 75.3 Å². The quantitative estimate of drug-likeness (QED) is 0.623. The molecule has 0 atom stereocenters. The Kier molecular flexibility index (Phi) is 16.7. The largest absolute Gasteiger partial charge is 0.383 e. The molecule has 1 heterocycles. The van der Waals surface area contributed by atoms with Gasteiger partial charge in [-0.3, -0.25) is 9.69 Å². The summed E-state index contributed by atoms with van der Waals surface area (Å²) in [5.74, 6) is 2.49. The SMILES string of the molecule is COCCNCC(=O)NCCN1CCSCC1.Cl.Cl. The van der Waals surface area contributed by atoms with Gasteiger partial charge < -0.3 is 15.4 Å². The predicted octanol–water partition coefficient (Wildman–Crippen LogP) is 0.231. The third kappa shape index (κ3) is 11.8. The Morgan fingerprint density at radius 3 is 2.58 bits per heavy atom. The Morgan fingerprint density at radius 2 is 1.95 bits per heavy atom. The molecular weight excluding hydrogens is 309 g/mol. The van der Waals surface area contributed by atoms with Gasteiger partial charge in [-0.05, 0) is 0 Å². The lowest BCUT2D eigenvalue weighted by atomic mass is 10.4. The van der Waals surface area contributed by atoms with E-state index in [1.54, 1.807) is 7.11 Å². The molecule has 0 radical (unpaired) electrons. The zero-order chi connectivity index (χ0) is 12.3. The van der Waals surface area contributed by atoms with Crippen LogP contribution in [0.1, 0.15) is 0 Å². The number of methoxy groups -OCH3 is 1. The zero-order valence-electron chi connectivity index (χ0n) is 11.4. The second-order valence-electron chi connectivity index (χ2n) is 3.97. The number of amides is 1. The highest BCUT2D eigenvalue weighted by Crippen LogP contribution is 2.07. The summed E-state index contributed by atoms with van der Waals surface area (Å²) in [5.41, 5.74) is 0. The number of ether oxygens (including phenoxy) is 1. The van der Waals surface area contributed by atoms with Gasteiger partial charge in [0.2, 0.25) is 5.91 Å². The molecule has 1 rings (SSSR count). The summed E-state index contributed by atoms with van der Waals surface area (Å²) in [6.45, 7) is 5.73. The Hall–Kier alpha value is 0.280. The molecule has 0 aromatic heterocycles. The third-order valence-corrected chi connectivity index (χ3v) is 3.56. The first-order valence-electron chi connectivity index (χ1n) is 6.09. The number of carbonyl (C=O) groups excluding carboxylic acids is 1. The van der Waals surface area contributed by atoms with Crippen molar-refractivity contribution in [3.8, 4) is 0 Å². The van der Waals surface area contributed by atoms with Gasteiger partial charge in [-0.2, -0.15) is 11.8 Å². The minimum Gasteiger partial charge on any atom is -0.383 e. The van der Waals surface area contributed by atoms with Gasteiger partial charge in [-0.25, -0.2) is 0 Å². The standard InChI is InChI=1S/C11H23N3O2S.2ClH/c1-16-7-3-12-10-11(15)13-2-4-14-5-8-17-9-6-14;;/h12H,2-10H2,1H3,(H,13,15);2*1H. The summed E-state index contributed by atoms with van der Waals surface area (Å²) >= 11 is 2.00. The van der Waals surface area contributed by atoms with Crippen molar-refractivity contribution in [2.45, 2.75) is 0 Å². The molecule has 1 aliphatic heterocycles. The fourth-order valence-corrected chi connectivity index (χ4v) is 2.60. The van der Waals surface area contributed by atoms with Gasteiger partial charge in [0.25, 0.3) is 0 Å². The van der Waals surface area contributed by atoms with Crippen LogP contribution in [-0.2, 0) is 9.53 Å². The first-order chi connectivity index (χ1) is 8.33. The van der Waals surface area contributed by atoms with Crippen LogP contribution in [0.4, 0.5) is 0 Å². The molecule has 0 aliphatic carbocycles. The first kappa shape index (κ1) is 21.6. The lowest BCUT2D eigenvalue weighted by molar-refractivity contribution is -0.120. The number of thioether (sulfide) groups is 1. The number of hydrogen-bond donors (Lipinski definition) is 2. The molecule has 19 heavy (non-hydrogen) atoms. The fraction of sp³-hybridized carbons (Fsp3) is 0.909. The maximum atomic E-state index is 11.4. The van der Waals surface area contributed by atoms with Gasteiger partial charge in [0.05, 0.1) is 13.2 Å². The van der Waals surface area contributed by atoms with E-state index in [4.69, 9.17) is 4.74 Å². The van der Waals surface area contributed by atoms with Crippen LogP contribution in [0.3, 0.4) is 0 Å². The van der Waals surface area contributed by atoms with Crippen LogP contribution in [0.5, 0.6) is 0 Å². The Morgan fingerprint density at radius 1 is 1.26 bits per heavy atom. The highest BCUT2D eigenvalue weighted by molar-refractivity contribution is 7.99. The highest BCUT2D eigenvalue weighted by atomic mass is 35.5. The van der Waals surface area contributed by atoms with Crippen molar-refractivity contribution >= 4 is 42.5 Å². The molecule has 1 fully saturated rings. The molecule has 0 aromatic rings. The molecule has 0 aromatic carbocycles. The molecule has 116 valence electrons. The highest BCUT2D eigenvalue weighted by Gasteiger charge is 2.09. The van der Waals surface area contributed by atoms with E-state index in [9.17, 15) is 4.79 Å². The normalized spacial score (nSPS) is 15.2. The number of nitrogens with one attached hydrogen (secondary N) is 2. The summed E-state index contributed by atoms with van der Waals surface area (Å²) in [7, 11) is 1.65. The van der Waals surface area contributed by atoms with Crippen molar-refractivity contribution in [3.05, 3.63) is 0 Å². The minimum atomic E-state index is 0. The number of halogens is 2. The minimum absolute atomic E-state index is 0. The van der Waals surface area contributed by atoms with E-state index in [1.807, 2.05) is 11.8 Å².